The van der Waals surface area contributed by atoms with Crippen LogP contribution in [0, 0.1) is 23.7 Å². The third kappa shape index (κ3) is 4.39. The number of para-hydroxylation sites is 1. The van der Waals surface area contributed by atoms with Crippen LogP contribution in [0.1, 0.15) is 94.9 Å². The molecule has 5 aliphatic carbocycles. The molecule has 4 fully saturated rings. The molecule has 11 rings (SSSR count). The number of benzene rings is 5. The largest absolute Gasteiger partial charge is 0.308 e. The van der Waals surface area contributed by atoms with Gasteiger partial charge in [0.2, 0.25) is 0 Å². The Labute approximate surface area is 303 Å². The van der Waals surface area contributed by atoms with Gasteiger partial charge in [0, 0.05) is 26.5 Å². The van der Waals surface area contributed by atoms with Crippen LogP contribution >= 0.6 is 11.8 Å². The van der Waals surface area contributed by atoms with E-state index in [-0.39, 0.29) is 16.2 Å². The van der Waals surface area contributed by atoms with Crippen molar-refractivity contribution in [2.24, 2.45) is 23.7 Å². The normalized spacial score (nSPS) is 27.8. The van der Waals surface area contributed by atoms with Crippen LogP contribution in [0.15, 0.2) is 125 Å². The van der Waals surface area contributed by atoms with E-state index in [1.807, 2.05) is 11.8 Å². The fourth-order valence-electron chi connectivity index (χ4n) is 11.9. The van der Waals surface area contributed by atoms with Crippen molar-refractivity contribution in [3.63, 3.8) is 0 Å². The molecule has 0 N–H and O–H groups in total. The zero-order valence-corrected chi connectivity index (χ0v) is 30.9. The first-order valence-corrected chi connectivity index (χ1v) is 20.1. The number of hydrogen-bond acceptors (Lipinski definition) is 2. The summed E-state index contributed by atoms with van der Waals surface area (Å²) < 4.78 is 0. The van der Waals surface area contributed by atoms with Crippen LogP contribution in [0.2, 0.25) is 0 Å². The molecule has 4 saturated carbocycles. The van der Waals surface area contributed by atoms with Crippen molar-refractivity contribution >= 4 is 28.8 Å². The van der Waals surface area contributed by atoms with Crippen LogP contribution in [0.4, 0.5) is 17.1 Å². The lowest BCUT2D eigenvalue weighted by atomic mass is 9.42. The van der Waals surface area contributed by atoms with Crippen molar-refractivity contribution in [3.8, 4) is 11.1 Å². The first kappa shape index (κ1) is 31.0. The summed E-state index contributed by atoms with van der Waals surface area (Å²) in [5, 5.41) is 0. The van der Waals surface area contributed by atoms with Crippen molar-refractivity contribution < 1.29 is 0 Å². The lowest BCUT2D eigenvalue weighted by Gasteiger charge is -2.63. The monoisotopic (exact) mass is 671 g/mol. The second kappa shape index (κ2) is 11.1. The molecule has 252 valence electrons. The van der Waals surface area contributed by atoms with E-state index < -0.39 is 0 Å². The van der Waals surface area contributed by atoms with Crippen molar-refractivity contribution in [1.29, 1.82) is 0 Å². The van der Waals surface area contributed by atoms with E-state index in [1.165, 1.54) is 94.1 Å². The molecule has 50 heavy (non-hydrogen) atoms. The van der Waals surface area contributed by atoms with Crippen LogP contribution in [0.5, 0.6) is 0 Å². The molecular weight excluding hydrogens is 623 g/mol. The number of fused-ring (bicyclic) bond motifs is 3. The van der Waals surface area contributed by atoms with Crippen molar-refractivity contribution in [3.05, 3.63) is 138 Å². The van der Waals surface area contributed by atoms with Gasteiger partial charge < -0.3 is 4.90 Å². The molecule has 1 heterocycles. The highest BCUT2D eigenvalue weighted by Crippen LogP contribution is 2.70. The number of hydrogen-bond donors (Lipinski definition) is 0. The fraction of sp³-hybridized carbons (Fsp3) is 0.375. The van der Waals surface area contributed by atoms with Crippen molar-refractivity contribution in [2.45, 2.75) is 98.7 Å². The summed E-state index contributed by atoms with van der Waals surface area (Å²) in [5.41, 5.74) is 13.1. The zero-order valence-electron chi connectivity index (χ0n) is 30.1. The Bertz CT molecular complexity index is 2080. The lowest BCUT2D eigenvalue weighted by molar-refractivity contribution is -0.0443. The van der Waals surface area contributed by atoms with Gasteiger partial charge >= 0.3 is 0 Å². The minimum Gasteiger partial charge on any atom is -0.308 e. The molecule has 1 spiro atoms. The average molecular weight is 672 g/mol. The van der Waals surface area contributed by atoms with E-state index in [0.717, 1.165) is 11.8 Å². The highest BCUT2D eigenvalue weighted by atomic mass is 32.2. The second-order valence-electron chi connectivity index (χ2n) is 17.6. The van der Waals surface area contributed by atoms with Gasteiger partial charge in [0.15, 0.2) is 0 Å². The maximum atomic E-state index is 2.70. The van der Waals surface area contributed by atoms with Gasteiger partial charge in [-0.05, 0) is 132 Å². The fourth-order valence-corrected chi connectivity index (χ4v) is 13.2. The Morgan fingerprint density at radius 2 is 1.18 bits per heavy atom. The third-order valence-corrected chi connectivity index (χ3v) is 15.1. The van der Waals surface area contributed by atoms with E-state index in [9.17, 15) is 0 Å². The molecule has 0 saturated heterocycles. The van der Waals surface area contributed by atoms with Gasteiger partial charge in [0.25, 0.3) is 0 Å². The topological polar surface area (TPSA) is 3.24 Å². The Kier molecular flexibility index (Phi) is 6.90. The summed E-state index contributed by atoms with van der Waals surface area (Å²) in [7, 11) is 0. The Hall–Kier alpha value is -3.75. The molecule has 4 bridgehead atoms. The lowest BCUT2D eigenvalue weighted by Crippen LogP contribution is -2.57. The molecule has 0 atom stereocenters. The smallest absolute Gasteiger partial charge is 0.0682 e. The number of rotatable bonds is 4. The molecule has 1 aliphatic heterocycles. The first-order valence-electron chi connectivity index (χ1n) is 19.2. The van der Waals surface area contributed by atoms with E-state index in [2.05, 4.69) is 148 Å². The van der Waals surface area contributed by atoms with Crippen LogP contribution in [0.25, 0.3) is 11.1 Å². The van der Waals surface area contributed by atoms with E-state index in [4.69, 9.17) is 0 Å². The summed E-state index contributed by atoms with van der Waals surface area (Å²) in [5.74, 6) is 3.26. The van der Waals surface area contributed by atoms with Crippen LogP contribution < -0.4 is 4.90 Å². The van der Waals surface area contributed by atoms with E-state index in [1.54, 1.807) is 11.1 Å². The molecule has 0 radical (unpaired) electrons. The van der Waals surface area contributed by atoms with Crippen LogP contribution in [-0.4, -0.2) is 0 Å². The minimum atomic E-state index is 0.0542. The summed E-state index contributed by atoms with van der Waals surface area (Å²) in [6.07, 6.45) is 9.41. The van der Waals surface area contributed by atoms with Gasteiger partial charge in [-0.25, -0.2) is 0 Å². The van der Waals surface area contributed by atoms with Gasteiger partial charge in [-0.2, -0.15) is 0 Å². The molecule has 0 amide bonds. The zero-order chi connectivity index (χ0) is 33.8. The van der Waals surface area contributed by atoms with Crippen LogP contribution in [-0.2, 0) is 16.2 Å². The van der Waals surface area contributed by atoms with Crippen molar-refractivity contribution in [1.82, 2.24) is 0 Å². The Morgan fingerprint density at radius 1 is 0.560 bits per heavy atom. The average Bonchev–Trinajstić information content (AvgIpc) is 3.13. The number of anilines is 3. The molecular formula is C48H49NS. The second-order valence-corrected chi connectivity index (χ2v) is 18.7. The Balaban J connectivity index is 1.32. The van der Waals surface area contributed by atoms with Gasteiger partial charge in [0.1, 0.15) is 0 Å². The van der Waals surface area contributed by atoms with Gasteiger partial charge in [-0.3, -0.25) is 0 Å². The standard InChI is InChI=1S/C48H49NS/c1-46(2)24-25-47(3,4)43-39(46)19-13-20-41(43)49(36-16-9-6-10-17-36)44-37(33-14-7-5-8-15-33)22-23-40-45(44)50-42-21-12-11-18-38(42)48(40)34-27-31-26-32(29-34)30-35(48)28-31/h5-23,31-32,34-35H,24-30H2,1-4H3. The summed E-state index contributed by atoms with van der Waals surface area (Å²) in [4.78, 5) is 5.66. The summed E-state index contributed by atoms with van der Waals surface area (Å²) in [6, 6.07) is 44.4. The summed E-state index contributed by atoms with van der Waals surface area (Å²) >= 11 is 2.05. The predicted molar refractivity (Wildman–Crippen MR) is 210 cm³/mol. The van der Waals surface area contributed by atoms with Crippen LogP contribution in [0.3, 0.4) is 0 Å². The molecule has 6 aliphatic rings. The van der Waals surface area contributed by atoms with E-state index in [0.29, 0.717) is 11.8 Å². The van der Waals surface area contributed by atoms with Gasteiger partial charge in [-0.1, -0.05) is 130 Å². The van der Waals surface area contributed by atoms with Crippen molar-refractivity contribution in [2.75, 3.05) is 4.90 Å². The number of nitrogens with zero attached hydrogens (tertiary/aromatic N) is 1. The van der Waals surface area contributed by atoms with E-state index >= 15 is 0 Å². The third-order valence-electron chi connectivity index (χ3n) is 13.9. The van der Waals surface area contributed by atoms with Gasteiger partial charge in [-0.15, -0.1) is 0 Å². The predicted octanol–water partition coefficient (Wildman–Crippen LogP) is 13.4. The highest BCUT2D eigenvalue weighted by molar-refractivity contribution is 7.99. The summed E-state index contributed by atoms with van der Waals surface area (Å²) in [6.45, 7) is 9.89. The van der Waals surface area contributed by atoms with Gasteiger partial charge in [0.05, 0.1) is 11.4 Å². The SMILES string of the molecule is CC1(C)CCC(C)(C)c2c(N(c3ccccc3)c3c(-c4ccccc4)ccc4c3Sc3ccccc3C43C4CC5CC(C4)CC3C5)cccc21. The molecule has 0 aromatic heterocycles. The molecule has 5 aromatic carbocycles. The molecule has 0 unspecified atom stereocenters. The molecule has 1 nitrogen and oxygen atoms in total. The highest BCUT2D eigenvalue weighted by Gasteiger charge is 2.61. The first-order chi connectivity index (χ1) is 24.3. The minimum absolute atomic E-state index is 0.0542. The molecule has 2 heteroatoms. The quantitative estimate of drug-likeness (QED) is 0.187. The molecule has 5 aromatic rings. The Morgan fingerprint density at radius 3 is 1.90 bits per heavy atom. The maximum absolute atomic E-state index is 2.70. The maximum Gasteiger partial charge on any atom is 0.0682 e.